The van der Waals surface area contributed by atoms with E-state index in [9.17, 15) is 0 Å². The van der Waals surface area contributed by atoms with Crippen molar-refractivity contribution in [3.63, 3.8) is 0 Å². The summed E-state index contributed by atoms with van der Waals surface area (Å²) >= 11 is 0. The van der Waals surface area contributed by atoms with Crippen LogP contribution < -0.4 is 5.32 Å². The Bertz CT molecular complexity index is 448. The lowest BCUT2D eigenvalue weighted by Crippen LogP contribution is -2.02. The highest BCUT2D eigenvalue weighted by atomic mass is 16.3. The highest BCUT2D eigenvalue weighted by Crippen LogP contribution is 2.03. The lowest BCUT2D eigenvalue weighted by atomic mass is 10.4. The second-order valence-electron chi connectivity index (χ2n) is 3.42. The monoisotopic (exact) mass is 222 g/mol. The second kappa shape index (κ2) is 4.75. The smallest absolute Gasteiger partial charge is 0.148 e. The second-order valence-corrected chi connectivity index (χ2v) is 3.42. The summed E-state index contributed by atoms with van der Waals surface area (Å²) in [7, 11) is 1.86. The first-order valence-corrected chi connectivity index (χ1v) is 5.01. The van der Waals surface area contributed by atoms with Gasteiger partial charge in [0, 0.05) is 19.3 Å². The van der Waals surface area contributed by atoms with E-state index < -0.39 is 0 Å². The van der Waals surface area contributed by atoms with Crippen LogP contribution in [0.25, 0.3) is 0 Å². The van der Waals surface area contributed by atoms with Gasteiger partial charge in [0.1, 0.15) is 11.5 Å². The van der Waals surface area contributed by atoms with Crippen LogP contribution in [0.5, 0.6) is 0 Å². The average Bonchev–Trinajstić information content (AvgIpc) is 2.85. The molecule has 2 N–H and O–H groups in total. The van der Waals surface area contributed by atoms with Gasteiger partial charge in [-0.05, 0) is 0 Å². The number of aliphatic hydroxyl groups is 1. The molecule has 86 valence electrons. The van der Waals surface area contributed by atoms with Gasteiger partial charge in [-0.2, -0.15) is 5.10 Å². The molecular formula is C9H14N6O. The quantitative estimate of drug-likeness (QED) is 0.720. The van der Waals surface area contributed by atoms with Crippen LogP contribution in [0.4, 0.5) is 5.82 Å². The molecule has 7 heteroatoms. The molecule has 0 bridgehead atoms. The van der Waals surface area contributed by atoms with E-state index in [1.54, 1.807) is 15.6 Å². The highest BCUT2D eigenvalue weighted by Gasteiger charge is 2.01. The Labute approximate surface area is 92.7 Å². The Hall–Kier alpha value is -1.89. The number of nitrogens with one attached hydrogen (secondary N) is 1. The summed E-state index contributed by atoms with van der Waals surface area (Å²) in [4.78, 5) is 0. The predicted octanol–water partition coefficient (Wildman–Crippen LogP) is -0.384. The van der Waals surface area contributed by atoms with Crippen molar-refractivity contribution in [2.24, 2.45) is 7.05 Å². The van der Waals surface area contributed by atoms with Crippen molar-refractivity contribution in [1.82, 2.24) is 24.8 Å². The molecule has 0 aliphatic carbocycles. The van der Waals surface area contributed by atoms with E-state index in [0.29, 0.717) is 13.1 Å². The summed E-state index contributed by atoms with van der Waals surface area (Å²) in [5.41, 5.74) is 0.819. The summed E-state index contributed by atoms with van der Waals surface area (Å²) in [6, 6.07) is 1.89. The number of aromatic nitrogens is 5. The van der Waals surface area contributed by atoms with Crippen molar-refractivity contribution in [1.29, 1.82) is 0 Å². The van der Waals surface area contributed by atoms with Gasteiger partial charge in [-0.15, -0.1) is 5.10 Å². The third-order valence-electron chi connectivity index (χ3n) is 2.08. The molecular weight excluding hydrogens is 208 g/mol. The maximum atomic E-state index is 8.72. The lowest BCUT2D eigenvalue weighted by molar-refractivity contribution is 0.268. The van der Waals surface area contributed by atoms with Crippen molar-refractivity contribution in [3.8, 4) is 0 Å². The first-order chi connectivity index (χ1) is 7.78. The van der Waals surface area contributed by atoms with Gasteiger partial charge in [-0.3, -0.25) is 4.68 Å². The zero-order valence-corrected chi connectivity index (χ0v) is 9.04. The number of hydrogen-bond donors (Lipinski definition) is 2. The van der Waals surface area contributed by atoms with E-state index >= 15 is 0 Å². The molecule has 0 fully saturated rings. The van der Waals surface area contributed by atoms with Crippen LogP contribution in [-0.4, -0.2) is 36.5 Å². The summed E-state index contributed by atoms with van der Waals surface area (Å²) in [6.07, 6.45) is 3.66. The van der Waals surface area contributed by atoms with Crippen LogP contribution in [0.1, 0.15) is 5.69 Å². The van der Waals surface area contributed by atoms with Gasteiger partial charge >= 0.3 is 0 Å². The lowest BCUT2D eigenvalue weighted by Gasteiger charge is -1.98. The Morgan fingerprint density at radius 1 is 1.50 bits per heavy atom. The molecule has 0 aliphatic heterocycles. The Balaban J connectivity index is 1.89. The molecule has 0 atom stereocenters. The van der Waals surface area contributed by atoms with E-state index in [1.807, 2.05) is 19.3 Å². The minimum Gasteiger partial charge on any atom is -0.394 e. The van der Waals surface area contributed by atoms with Crippen molar-refractivity contribution in [2.75, 3.05) is 11.9 Å². The molecule has 0 saturated carbocycles. The van der Waals surface area contributed by atoms with Gasteiger partial charge in [0.05, 0.1) is 25.9 Å². The van der Waals surface area contributed by atoms with Crippen LogP contribution in [0.2, 0.25) is 0 Å². The Morgan fingerprint density at radius 2 is 2.38 bits per heavy atom. The fourth-order valence-electron chi connectivity index (χ4n) is 1.32. The fourth-order valence-corrected chi connectivity index (χ4v) is 1.32. The maximum Gasteiger partial charge on any atom is 0.148 e. The number of aliphatic hydroxyl groups excluding tert-OH is 1. The molecule has 0 radical (unpaired) electrons. The van der Waals surface area contributed by atoms with Crippen LogP contribution in [0, 0.1) is 0 Å². The van der Waals surface area contributed by atoms with Crippen molar-refractivity contribution in [2.45, 2.75) is 13.1 Å². The van der Waals surface area contributed by atoms with Crippen LogP contribution in [-0.2, 0) is 20.1 Å². The molecule has 0 aromatic carbocycles. The molecule has 16 heavy (non-hydrogen) atoms. The van der Waals surface area contributed by atoms with Gasteiger partial charge in [-0.25, -0.2) is 4.68 Å². The van der Waals surface area contributed by atoms with Gasteiger partial charge in [0.2, 0.25) is 0 Å². The van der Waals surface area contributed by atoms with Crippen molar-refractivity contribution >= 4 is 5.82 Å². The van der Waals surface area contributed by atoms with Gasteiger partial charge in [-0.1, -0.05) is 5.21 Å². The average molecular weight is 222 g/mol. The molecule has 0 unspecified atom stereocenters. The topological polar surface area (TPSA) is 80.8 Å². The molecule has 0 amide bonds. The first-order valence-electron chi connectivity index (χ1n) is 5.01. The molecule has 2 heterocycles. The molecule has 2 aromatic rings. The molecule has 2 aromatic heterocycles. The molecule has 0 aliphatic rings. The van der Waals surface area contributed by atoms with Gasteiger partial charge in [0.15, 0.2) is 0 Å². The van der Waals surface area contributed by atoms with Crippen LogP contribution in [0.3, 0.4) is 0 Å². The van der Waals surface area contributed by atoms with E-state index in [-0.39, 0.29) is 6.61 Å². The zero-order chi connectivity index (χ0) is 11.4. The maximum absolute atomic E-state index is 8.72. The SMILES string of the molecule is Cn1ccc(NCc2cn(CCO)nn2)n1. The Kier molecular flexibility index (Phi) is 3.16. The standard InChI is InChI=1S/C9H14N6O/c1-14-3-2-9(12-14)10-6-8-7-15(4-5-16)13-11-8/h2-3,7,16H,4-6H2,1H3,(H,10,12). The van der Waals surface area contributed by atoms with E-state index in [1.165, 1.54) is 0 Å². The number of aryl methyl sites for hydroxylation is 1. The van der Waals surface area contributed by atoms with Gasteiger partial charge in [0.25, 0.3) is 0 Å². The van der Waals surface area contributed by atoms with Crippen molar-refractivity contribution < 1.29 is 5.11 Å². The summed E-state index contributed by atoms with van der Waals surface area (Å²) in [6.45, 7) is 1.11. The molecule has 0 saturated heterocycles. The first kappa shape index (κ1) is 10.6. The number of rotatable bonds is 5. The largest absolute Gasteiger partial charge is 0.394 e. The molecule has 7 nitrogen and oxygen atoms in total. The Morgan fingerprint density at radius 3 is 3.06 bits per heavy atom. The van der Waals surface area contributed by atoms with Crippen LogP contribution >= 0.6 is 0 Å². The summed E-state index contributed by atoms with van der Waals surface area (Å²) in [5, 5.41) is 23.9. The summed E-state index contributed by atoms with van der Waals surface area (Å²) in [5.74, 6) is 0.805. The normalized spacial score (nSPS) is 10.6. The summed E-state index contributed by atoms with van der Waals surface area (Å²) < 4.78 is 3.33. The number of nitrogens with zero attached hydrogens (tertiary/aromatic N) is 5. The minimum absolute atomic E-state index is 0.0659. The number of anilines is 1. The predicted molar refractivity (Wildman–Crippen MR) is 57.6 cm³/mol. The highest BCUT2D eigenvalue weighted by molar-refractivity contribution is 5.32. The van der Waals surface area contributed by atoms with E-state index in [0.717, 1.165) is 11.5 Å². The third kappa shape index (κ3) is 2.57. The minimum atomic E-state index is 0.0659. The molecule has 0 spiro atoms. The van der Waals surface area contributed by atoms with Gasteiger partial charge < -0.3 is 10.4 Å². The molecule has 2 rings (SSSR count). The number of hydrogen-bond acceptors (Lipinski definition) is 5. The van der Waals surface area contributed by atoms with E-state index in [2.05, 4.69) is 20.7 Å². The zero-order valence-electron chi connectivity index (χ0n) is 9.04. The van der Waals surface area contributed by atoms with Crippen molar-refractivity contribution in [3.05, 3.63) is 24.2 Å². The van der Waals surface area contributed by atoms with E-state index in [4.69, 9.17) is 5.11 Å². The third-order valence-corrected chi connectivity index (χ3v) is 2.08. The van der Waals surface area contributed by atoms with Crippen LogP contribution in [0.15, 0.2) is 18.5 Å². The fraction of sp³-hybridized carbons (Fsp3) is 0.444.